The lowest BCUT2D eigenvalue weighted by Gasteiger charge is -2.19. The summed E-state index contributed by atoms with van der Waals surface area (Å²) >= 11 is 14.5. The molecule has 2 rings (SSSR count). The predicted octanol–water partition coefficient (Wildman–Crippen LogP) is 7.11. The molecule has 160 valence electrons. The van der Waals surface area contributed by atoms with Gasteiger partial charge in [0, 0.05) is 8.95 Å². The second-order valence-electron chi connectivity index (χ2n) is 5.26. The molecule has 0 heterocycles. The zero-order valence-electron chi connectivity index (χ0n) is 13.6. The quantitative estimate of drug-likeness (QED) is 0.158. The Morgan fingerprint density at radius 2 is 1.30 bits per heavy atom. The Morgan fingerprint density at radius 3 is 1.67 bits per heavy atom. The lowest BCUT2D eigenvalue weighted by atomic mass is 10.1. The number of nitro groups is 3. The van der Waals surface area contributed by atoms with E-state index in [9.17, 15) is 43.5 Å². The minimum absolute atomic E-state index is 0.158. The number of hydrogen-bond acceptors (Lipinski definition) is 7. The van der Waals surface area contributed by atoms with E-state index in [1.807, 2.05) is 0 Å². The maximum atomic E-state index is 13.4. The molecular formula is C13H3Br3ClF3N4O6. The first kappa shape index (κ1) is 24.2. The number of hydrogen-bond donors (Lipinski definition) is 1. The summed E-state index contributed by atoms with van der Waals surface area (Å²) in [6.07, 6.45) is -4.97. The van der Waals surface area contributed by atoms with Crippen LogP contribution in [0.2, 0.25) is 5.02 Å². The van der Waals surface area contributed by atoms with Gasteiger partial charge < -0.3 is 5.32 Å². The highest BCUT2D eigenvalue weighted by atomic mass is 79.9. The molecule has 2 aromatic rings. The molecule has 0 spiro atoms. The molecule has 0 fully saturated rings. The normalized spacial score (nSPS) is 11.3. The lowest BCUT2D eigenvalue weighted by molar-refractivity contribution is -0.401. The fraction of sp³-hybridized carbons (Fsp3) is 0.0769. The van der Waals surface area contributed by atoms with E-state index in [0.717, 1.165) is 0 Å². The molecule has 0 amide bonds. The average Bonchev–Trinajstić information content (AvgIpc) is 2.61. The smallest absolute Gasteiger partial charge is 0.342 e. The summed E-state index contributed by atoms with van der Waals surface area (Å²) < 4.78 is 39.4. The molecular weight excluding hydrogens is 640 g/mol. The molecule has 0 atom stereocenters. The third-order valence-corrected chi connectivity index (χ3v) is 7.30. The van der Waals surface area contributed by atoms with Crippen molar-refractivity contribution < 1.29 is 27.9 Å². The van der Waals surface area contributed by atoms with Crippen molar-refractivity contribution in [2.24, 2.45) is 0 Å². The number of alkyl halides is 3. The van der Waals surface area contributed by atoms with Gasteiger partial charge in [0.25, 0.3) is 5.69 Å². The molecule has 0 aromatic heterocycles. The van der Waals surface area contributed by atoms with Crippen molar-refractivity contribution in [2.45, 2.75) is 6.18 Å². The summed E-state index contributed by atoms with van der Waals surface area (Å²) in [5, 5.41) is 34.8. The summed E-state index contributed by atoms with van der Waals surface area (Å²) in [5.74, 6) is 0. The number of anilines is 2. The van der Waals surface area contributed by atoms with Gasteiger partial charge in [0.15, 0.2) is 5.69 Å². The first-order chi connectivity index (χ1) is 13.7. The van der Waals surface area contributed by atoms with Crippen LogP contribution >= 0.6 is 59.4 Å². The SMILES string of the molecule is O=[N+]([O-])c1cc([N+](=O)[O-])c(Nc2c(Cl)c(C(F)(F)F)c(Br)c(Br)c2Br)c([N+](=O)[O-])c1. The number of halogens is 7. The van der Waals surface area contributed by atoms with Gasteiger partial charge in [-0.25, -0.2) is 0 Å². The van der Waals surface area contributed by atoms with Crippen molar-refractivity contribution in [1.29, 1.82) is 0 Å². The standard InChI is InChI=1S/C13H3Br3ClF3N4O6/c14-7-6(13(18,19)20)10(17)12(9(16)8(7)15)21-11-4(23(27)28)1-3(22(25)26)2-5(11)24(29)30/h1-2,21H. The highest BCUT2D eigenvalue weighted by molar-refractivity contribution is 9.14. The number of nitrogens with zero attached hydrogens (tertiary/aromatic N) is 3. The van der Waals surface area contributed by atoms with Gasteiger partial charge in [0.1, 0.15) is 0 Å². The third-order valence-electron chi connectivity index (χ3n) is 3.48. The molecule has 17 heteroatoms. The maximum Gasteiger partial charge on any atom is 0.419 e. The maximum absolute atomic E-state index is 13.4. The van der Waals surface area contributed by atoms with Crippen molar-refractivity contribution >= 4 is 87.8 Å². The van der Waals surface area contributed by atoms with Gasteiger partial charge in [-0.3, -0.25) is 30.3 Å². The summed E-state index contributed by atoms with van der Waals surface area (Å²) in [5.41, 5.74) is -6.07. The van der Waals surface area contributed by atoms with Crippen molar-refractivity contribution in [3.8, 4) is 0 Å². The van der Waals surface area contributed by atoms with Crippen LogP contribution in [0.4, 0.5) is 41.6 Å². The number of rotatable bonds is 5. The zero-order valence-corrected chi connectivity index (χ0v) is 19.1. The van der Waals surface area contributed by atoms with Crippen LogP contribution in [-0.4, -0.2) is 14.8 Å². The highest BCUT2D eigenvalue weighted by Crippen LogP contribution is 2.52. The van der Waals surface area contributed by atoms with E-state index in [2.05, 4.69) is 53.1 Å². The number of benzene rings is 2. The Bertz CT molecular complexity index is 1080. The van der Waals surface area contributed by atoms with Gasteiger partial charge in [-0.05, 0) is 47.8 Å². The molecule has 0 aliphatic rings. The Balaban J connectivity index is 2.89. The molecule has 0 radical (unpaired) electrons. The fourth-order valence-electron chi connectivity index (χ4n) is 2.24. The Morgan fingerprint density at radius 1 is 0.833 bits per heavy atom. The number of nitro benzene ring substituents is 3. The van der Waals surface area contributed by atoms with Gasteiger partial charge in [0.05, 0.1) is 47.6 Å². The van der Waals surface area contributed by atoms with Gasteiger partial charge >= 0.3 is 17.6 Å². The largest absolute Gasteiger partial charge is 0.419 e. The first-order valence-corrected chi connectivity index (χ1v) is 9.75. The molecule has 0 saturated heterocycles. The van der Waals surface area contributed by atoms with Gasteiger partial charge in [-0.15, -0.1) is 0 Å². The Labute approximate surface area is 193 Å². The van der Waals surface area contributed by atoms with E-state index in [1.165, 1.54) is 0 Å². The summed E-state index contributed by atoms with van der Waals surface area (Å²) in [7, 11) is 0. The molecule has 0 aliphatic carbocycles. The molecule has 2 aromatic carbocycles. The second kappa shape index (κ2) is 8.60. The molecule has 0 unspecified atom stereocenters. The van der Waals surface area contributed by atoms with E-state index in [1.54, 1.807) is 0 Å². The molecule has 10 nitrogen and oxygen atoms in total. The van der Waals surface area contributed by atoms with Crippen LogP contribution in [0.5, 0.6) is 0 Å². The molecule has 0 bridgehead atoms. The topological polar surface area (TPSA) is 141 Å². The Hall–Kier alpha value is -2.04. The van der Waals surface area contributed by atoms with Crippen LogP contribution in [0.25, 0.3) is 0 Å². The van der Waals surface area contributed by atoms with Gasteiger partial charge in [0.2, 0.25) is 0 Å². The molecule has 30 heavy (non-hydrogen) atoms. The van der Waals surface area contributed by atoms with Crippen LogP contribution < -0.4 is 5.32 Å². The zero-order chi connectivity index (χ0) is 23.1. The van der Waals surface area contributed by atoms with Crippen molar-refractivity contribution in [1.82, 2.24) is 0 Å². The van der Waals surface area contributed by atoms with Crippen molar-refractivity contribution in [2.75, 3.05) is 5.32 Å². The summed E-state index contributed by atoms with van der Waals surface area (Å²) in [4.78, 5) is 30.2. The van der Waals surface area contributed by atoms with E-state index in [0.29, 0.717) is 12.1 Å². The van der Waals surface area contributed by atoms with E-state index < -0.39 is 64.4 Å². The van der Waals surface area contributed by atoms with E-state index in [4.69, 9.17) is 11.6 Å². The monoisotopic (exact) mass is 640 g/mol. The lowest BCUT2D eigenvalue weighted by Crippen LogP contribution is -2.11. The molecule has 1 N–H and O–H groups in total. The van der Waals surface area contributed by atoms with Crippen molar-refractivity contribution in [3.63, 3.8) is 0 Å². The third kappa shape index (κ3) is 4.50. The number of non-ortho nitro benzene ring substituents is 1. The van der Waals surface area contributed by atoms with Crippen LogP contribution in [-0.2, 0) is 6.18 Å². The first-order valence-electron chi connectivity index (χ1n) is 6.99. The summed E-state index contributed by atoms with van der Waals surface area (Å²) in [6.45, 7) is 0. The van der Waals surface area contributed by atoms with Crippen LogP contribution in [0.3, 0.4) is 0 Å². The minimum atomic E-state index is -4.97. The second-order valence-corrected chi connectivity index (χ2v) is 8.02. The van der Waals surface area contributed by atoms with Crippen LogP contribution in [0, 0.1) is 30.3 Å². The highest BCUT2D eigenvalue weighted by Gasteiger charge is 2.40. The molecule has 0 saturated carbocycles. The van der Waals surface area contributed by atoms with Crippen LogP contribution in [0.1, 0.15) is 5.56 Å². The number of nitrogens with one attached hydrogen (secondary N) is 1. The average molecular weight is 643 g/mol. The van der Waals surface area contributed by atoms with Crippen LogP contribution in [0.15, 0.2) is 25.6 Å². The van der Waals surface area contributed by atoms with Crippen molar-refractivity contribution in [3.05, 3.63) is 66.5 Å². The van der Waals surface area contributed by atoms with E-state index >= 15 is 0 Å². The molecule has 0 aliphatic heterocycles. The fourth-order valence-corrected chi connectivity index (χ4v) is 4.59. The minimum Gasteiger partial charge on any atom is -0.342 e. The predicted molar refractivity (Wildman–Crippen MR) is 109 cm³/mol. The van der Waals surface area contributed by atoms with E-state index in [-0.39, 0.29) is 8.95 Å². The van der Waals surface area contributed by atoms with Gasteiger partial charge in [-0.1, -0.05) is 11.6 Å². The summed E-state index contributed by atoms with van der Waals surface area (Å²) in [6, 6.07) is 0.853. The Kier molecular flexibility index (Phi) is 6.95. The van der Waals surface area contributed by atoms with Gasteiger partial charge in [-0.2, -0.15) is 13.2 Å².